The van der Waals surface area contributed by atoms with Crippen LogP contribution in [-0.4, -0.2) is 40.9 Å². The molecule has 0 amide bonds. The third kappa shape index (κ3) is 3.47. The maximum absolute atomic E-state index is 15.6. The number of aryl methyl sites for hydroxylation is 2. The molecule has 38 heavy (non-hydrogen) atoms. The van der Waals surface area contributed by atoms with E-state index in [0.29, 0.717) is 29.1 Å². The fraction of sp³-hybridized carbons (Fsp3) is 0.308. The second-order valence-corrected chi connectivity index (χ2v) is 11.9. The summed E-state index contributed by atoms with van der Waals surface area (Å²) in [6, 6.07) is 6.16. The number of halogens is 2. The molecule has 2 aromatic heterocycles. The molecule has 0 saturated carbocycles. The molecule has 1 atom stereocenters. The standard InChI is InChI=1S/C26H26F2N6O3S/c1-14-11-17(12-15(2)23(14)27)34-25(22-16(3)29-8-7-19(22)30-34)33-10-9-32(26(33)35)21-6-5-20-18(24(21)28)13-38(36,37)31(20)4/h5-6,9-12,16,29H,7-8,13H2,1-4H3/t16-/m0/s1. The minimum Gasteiger partial charge on any atom is -0.310 e. The molecule has 9 nitrogen and oxygen atoms in total. The normalized spacial score (nSPS) is 18.1. The molecule has 0 bridgehead atoms. The van der Waals surface area contributed by atoms with Crippen molar-refractivity contribution in [3.8, 4) is 17.2 Å². The monoisotopic (exact) mass is 540 g/mol. The summed E-state index contributed by atoms with van der Waals surface area (Å²) in [7, 11) is -2.28. The van der Waals surface area contributed by atoms with Gasteiger partial charge in [-0.3, -0.25) is 13.4 Å². The molecule has 2 aromatic carbocycles. The largest absolute Gasteiger partial charge is 0.338 e. The zero-order valence-corrected chi connectivity index (χ0v) is 22.1. The van der Waals surface area contributed by atoms with Crippen LogP contribution in [-0.2, 0) is 22.2 Å². The Hall–Kier alpha value is -3.77. The van der Waals surface area contributed by atoms with Gasteiger partial charge in [-0.15, -0.1) is 0 Å². The smallest absolute Gasteiger partial charge is 0.310 e. The molecule has 198 valence electrons. The van der Waals surface area contributed by atoms with Crippen molar-refractivity contribution >= 4 is 15.7 Å². The van der Waals surface area contributed by atoms with Gasteiger partial charge in [-0.1, -0.05) is 0 Å². The summed E-state index contributed by atoms with van der Waals surface area (Å²) >= 11 is 0. The summed E-state index contributed by atoms with van der Waals surface area (Å²) in [6.45, 7) is 6.06. The van der Waals surface area contributed by atoms with Crippen LogP contribution in [0.15, 0.2) is 41.5 Å². The van der Waals surface area contributed by atoms with Crippen molar-refractivity contribution in [3.63, 3.8) is 0 Å². The number of anilines is 1. The van der Waals surface area contributed by atoms with Gasteiger partial charge in [0, 0.05) is 49.6 Å². The Labute approximate surface area is 218 Å². The molecular weight excluding hydrogens is 514 g/mol. The van der Waals surface area contributed by atoms with Gasteiger partial charge in [-0.05, 0) is 56.2 Å². The predicted octanol–water partition coefficient (Wildman–Crippen LogP) is 3.20. The molecule has 0 aliphatic carbocycles. The minimum absolute atomic E-state index is 0.0298. The van der Waals surface area contributed by atoms with Gasteiger partial charge in [-0.2, -0.15) is 5.10 Å². The molecule has 12 heteroatoms. The first-order valence-corrected chi connectivity index (χ1v) is 13.8. The fourth-order valence-electron chi connectivity index (χ4n) is 5.43. The summed E-state index contributed by atoms with van der Waals surface area (Å²) in [6.07, 6.45) is 3.64. The van der Waals surface area contributed by atoms with Crippen molar-refractivity contribution in [1.29, 1.82) is 0 Å². The molecule has 6 rings (SSSR count). The lowest BCUT2D eigenvalue weighted by atomic mass is 10.0. The first-order chi connectivity index (χ1) is 18.0. The number of aromatic nitrogens is 4. The van der Waals surface area contributed by atoms with Crippen LogP contribution in [0.1, 0.15) is 40.9 Å². The number of fused-ring (bicyclic) bond motifs is 2. The van der Waals surface area contributed by atoms with E-state index in [1.54, 1.807) is 30.7 Å². The van der Waals surface area contributed by atoms with Crippen molar-refractivity contribution < 1.29 is 17.2 Å². The van der Waals surface area contributed by atoms with Gasteiger partial charge in [0.2, 0.25) is 10.0 Å². The fourth-order valence-corrected chi connectivity index (χ4v) is 6.73. The third-order valence-electron chi connectivity index (χ3n) is 7.43. The molecule has 0 spiro atoms. The van der Waals surface area contributed by atoms with E-state index in [-0.39, 0.29) is 28.8 Å². The SMILES string of the molecule is Cc1cc(-n2nc3c(c2-n2ccn(-c4ccc5c(c4F)CS(=O)(=O)N5C)c2=O)[C@H](C)NCC3)cc(C)c1F. The lowest BCUT2D eigenvalue weighted by molar-refractivity contribution is 0.536. The number of imidazole rings is 1. The van der Waals surface area contributed by atoms with Crippen molar-refractivity contribution in [2.45, 2.75) is 39.0 Å². The van der Waals surface area contributed by atoms with Gasteiger partial charge in [0.25, 0.3) is 0 Å². The van der Waals surface area contributed by atoms with E-state index in [1.807, 2.05) is 6.92 Å². The Balaban J connectivity index is 1.56. The molecular formula is C26H26F2N6O3S. The van der Waals surface area contributed by atoms with Crippen LogP contribution in [0.3, 0.4) is 0 Å². The number of hydrogen-bond acceptors (Lipinski definition) is 5. The van der Waals surface area contributed by atoms with E-state index in [4.69, 9.17) is 5.10 Å². The van der Waals surface area contributed by atoms with E-state index in [2.05, 4.69) is 5.32 Å². The topological polar surface area (TPSA) is 94.2 Å². The van der Waals surface area contributed by atoms with Crippen molar-refractivity contribution in [3.05, 3.63) is 86.7 Å². The number of rotatable bonds is 3. The predicted molar refractivity (Wildman–Crippen MR) is 139 cm³/mol. The Morgan fingerprint density at radius 3 is 2.39 bits per heavy atom. The van der Waals surface area contributed by atoms with Gasteiger partial charge >= 0.3 is 5.69 Å². The summed E-state index contributed by atoms with van der Waals surface area (Å²) in [5, 5.41) is 8.21. The highest BCUT2D eigenvalue weighted by Crippen LogP contribution is 2.36. The second-order valence-electron chi connectivity index (χ2n) is 9.86. The van der Waals surface area contributed by atoms with E-state index in [0.717, 1.165) is 26.7 Å². The van der Waals surface area contributed by atoms with Crippen LogP contribution in [0.5, 0.6) is 0 Å². The Kier molecular flexibility index (Phi) is 5.41. The molecule has 0 fully saturated rings. The second kappa shape index (κ2) is 8.37. The average Bonchev–Trinajstić information content (AvgIpc) is 3.50. The third-order valence-corrected chi connectivity index (χ3v) is 9.11. The highest BCUT2D eigenvalue weighted by molar-refractivity contribution is 7.92. The number of benzene rings is 2. The lowest BCUT2D eigenvalue weighted by Crippen LogP contribution is -2.30. The quantitative estimate of drug-likeness (QED) is 0.431. The zero-order chi connectivity index (χ0) is 27.1. The van der Waals surface area contributed by atoms with Gasteiger partial charge in [0.1, 0.15) is 11.6 Å². The van der Waals surface area contributed by atoms with E-state index < -0.39 is 27.3 Å². The van der Waals surface area contributed by atoms with Gasteiger partial charge < -0.3 is 5.32 Å². The van der Waals surface area contributed by atoms with Crippen LogP contribution in [0.2, 0.25) is 0 Å². The van der Waals surface area contributed by atoms with E-state index in [1.165, 1.54) is 36.1 Å². The molecule has 4 aromatic rings. The molecule has 2 aliphatic rings. The average molecular weight is 541 g/mol. The minimum atomic E-state index is -3.65. The maximum Gasteiger partial charge on any atom is 0.338 e. The van der Waals surface area contributed by atoms with Crippen LogP contribution >= 0.6 is 0 Å². The summed E-state index contributed by atoms with van der Waals surface area (Å²) in [5.74, 6) is -1.05. The summed E-state index contributed by atoms with van der Waals surface area (Å²) in [5.41, 5.74) is 2.86. The van der Waals surface area contributed by atoms with Crippen molar-refractivity contribution in [1.82, 2.24) is 24.2 Å². The lowest BCUT2D eigenvalue weighted by Gasteiger charge is -2.21. The van der Waals surface area contributed by atoms with Gasteiger partial charge in [-0.25, -0.2) is 26.7 Å². The first-order valence-electron chi connectivity index (χ1n) is 12.2. The number of sulfonamides is 1. The zero-order valence-electron chi connectivity index (χ0n) is 21.3. The molecule has 0 radical (unpaired) electrons. The maximum atomic E-state index is 15.6. The number of nitrogens with one attached hydrogen (secondary N) is 1. The molecule has 4 heterocycles. The molecule has 1 N–H and O–H groups in total. The van der Waals surface area contributed by atoms with Crippen LogP contribution in [0.25, 0.3) is 17.2 Å². The first kappa shape index (κ1) is 24.6. The van der Waals surface area contributed by atoms with Gasteiger partial charge in [0.05, 0.1) is 28.5 Å². The summed E-state index contributed by atoms with van der Waals surface area (Å²) < 4.78 is 59.9. The van der Waals surface area contributed by atoms with Gasteiger partial charge in [0.15, 0.2) is 5.82 Å². The number of nitrogens with zero attached hydrogens (tertiary/aromatic N) is 5. The van der Waals surface area contributed by atoms with E-state index in [9.17, 15) is 17.6 Å². The summed E-state index contributed by atoms with van der Waals surface area (Å²) in [4.78, 5) is 13.8. The highest BCUT2D eigenvalue weighted by atomic mass is 32.2. The molecule has 2 aliphatic heterocycles. The van der Waals surface area contributed by atoms with Crippen molar-refractivity contribution in [2.75, 3.05) is 17.9 Å². The van der Waals surface area contributed by atoms with Crippen molar-refractivity contribution in [2.24, 2.45) is 0 Å². The van der Waals surface area contributed by atoms with Crippen LogP contribution in [0.4, 0.5) is 14.5 Å². The molecule has 0 unspecified atom stereocenters. The van der Waals surface area contributed by atoms with E-state index >= 15 is 4.39 Å². The molecule has 0 saturated heterocycles. The van der Waals surface area contributed by atoms with Crippen LogP contribution < -0.4 is 15.3 Å². The van der Waals surface area contributed by atoms with Crippen LogP contribution in [0, 0.1) is 25.5 Å². The Bertz CT molecular complexity index is 1780. The Morgan fingerprint density at radius 2 is 1.68 bits per heavy atom. The highest BCUT2D eigenvalue weighted by Gasteiger charge is 2.34. The number of hydrogen-bond donors (Lipinski definition) is 1. The Morgan fingerprint density at radius 1 is 1.03 bits per heavy atom.